The molecule has 1 aromatic rings. The maximum absolute atomic E-state index is 13.0. The van der Waals surface area contributed by atoms with Crippen LogP contribution < -0.4 is 11.1 Å². The Morgan fingerprint density at radius 1 is 1.27 bits per heavy atom. The van der Waals surface area contributed by atoms with E-state index >= 15 is 0 Å². The highest BCUT2D eigenvalue weighted by molar-refractivity contribution is 6.05. The van der Waals surface area contributed by atoms with Gasteiger partial charge in [0.05, 0.1) is 0 Å². The molecule has 3 aliphatic heterocycles. The molecule has 2 saturated heterocycles. The number of nitrogens with zero attached hydrogens (tertiary/aromatic N) is 2. The molecule has 2 fully saturated rings. The smallest absolute Gasteiger partial charge is 0.255 e. The number of benzene rings is 1. The number of amides is 3. The van der Waals surface area contributed by atoms with Crippen molar-refractivity contribution in [2.24, 2.45) is 5.73 Å². The lowest BCUT2D eigenvalue weighted by Crippen LogP contribution is -2.66. The molecule has 26 heavy (non-hydrogen) atoms. The lowest BCUT2D eigenvalue weighted by atomic mass is 9.87. The first-order valence-corrected chi connectivity index (χ1v) is 9.17. The van der Waals surface area contributed by atoms with Gasteiger partial charge < -0.3 is 10.6 Å². The van der Waals surface area contributed by atoms with E-state index in [1.807, 2.05) is 18.2 Å². The first-order chi connectivity index (χ1) is 12.4. The lowest BCUT2D eigenvalue weighted by Gasteiger charge is -2.47. The molecule has 0 radical (unpaired) electrons. The van der Waals surface area contributed by atoms with E-state index in [9.17, 15) is 14.4 Å². The Morgan fingerprint density at radius 2 is 2.04 bits per heavy atom. The highest BCUT2D eigenvalue weighted by Crippen LogP contribution is 2.32. The van der Waals surface area contributed by atoms with Crippen LogP contribution in [0.1, 0.15) is 47.7 Å². The van der Waals surface area contributed by atoms with Crippen LogP contribution in [0.3, 0.4) is 0 Å². The standard InChI is InChI=1S/C19H24N4O3/c1-2-19(20)10-22(11-19)8-12-4-3-5-13-9-23(18(26)16(12)13)14-6-7-15(24)21-17(14)25/h3-5,14H,2,6-11,20H2,1H3,(H,21,24,25). The second-order valence-electron chi connectivity index (χ2n) is 7.71. The van der Waals surface area contributed by atoms with Gasteiger partial charge in [0.1, 0.15) is 6.04 Å². The van der Waals surface area contributed by atoms with E-state index in [-0.39, 0.29) is 29.7 Å². The van der Waals surface area contributed by atoms with E-state index in [0.717, 1.165) is 30.6 Å². The third-order valence-corrected chi connectivity index (χ3v) is 5.81. The van der Waals surface area contributed by atoms with Gasteiger partial charge in [0, 0.05) is 43.7 Å². The zero-order chi connectivity index (χ0) is 18.5. The fraction of sp³-hybridized carbons (Fsp3) is 0.526. The summed E-state index contributed by atoms with van der Waals surface area (Å²) in [5.41, 5.74) is 8.78. The average Bonchev–Trinajstić information content (AvgIpc) is 2.91. The maximum Gasteiger partial charge on any atom is 0.255 e. The minimum Gasteiger partial charge on any atom is -0.323 e. The van der Waals surface area contributed by atoms with Gasteiger partial charge in [0.25, 0.3) is 5.91 Å². The van der Waals surface area contributed by atoms with Gasteiger partial charge in [-0.05, 0) is 24.0 Å². The first-order valence-electron chi connectivity index (χ1n) is 9.17. The summed E-state index contributed by atoms with van der Waals surface area (Å²) >= 11 is 0. The van der Waals surface area contributed by atoms with E-state index in [4.69, 9.17) is 5.73 Å². The number of nitrogens with two attached hydrogens (primary N) is 1. The van der Waals surface area contributed by atoms with Crippen molar-refractivity contribution in [2.75, 3.05) is 13.1 Å². The SMILES string of the molecule is CCC1(N)CN(Cc2cccc3c2C(=O)N(C2CCC(=O)NC2=O)C3)C1. The van der Waals surface area contributed by atoms with Crippen LogP contribution in [0.25, 0.3) is 0 Å². The number of rotatable bonds is 4. The Bertz CT molecular complexity index is 785. The quantitative estimate of drug-likeness (QED) is 0.760. The summed E-state index contributed by atoms with van der Waals surface area (Å²) in [7, 11) is 0. The number of fused-ring (bicyclic) bond motifs is 1. The molecule has 3 heterocycles. The number of likely N-dealkylation sites (tertiary alicyclic amines) is 1. The Kier molecular flexibility index (Phi) is 4.08. The van der Waals surface area contributed by atoms with E-state index in [0.29, 0.717) is 25.1 Å². The molecule has 0 aliphatic carbocycles. The van der Waals surface area contributed by atoms with Crippen molar-refractivity contribution < 1.29 is 14.4 Å². The van der Waals surface area contributed by atoms with Crippen LogP contribution in [0.4, 0.5) is 0 Å². The van der Waals surface area contributed by atoms with Crippen molar-refractivity contribution in [3.8, 4) is 0 Å². The highest BCUT2D eigenvalue weighted by atomic mass is 16.2. The molecule has 3 aliphatic rings. The molecule has 1 aromatic carbocycles. The van der Waals surface area contributed by atoms with Crippen molar-refractivity contribution in [3.05, 3.63) is 34.9 Å². The summed E-state index contributed by atoms with van der Waals surface area (Å²) in [4.78, 5) is 40.4. The Labute approximate surface area is 152 Å². The van der Waals surface area contributed by atoms with Crippen LogP contribution in [-0.2, 0) is 22.7 Å². The van der Waals surface area contributed by atoms with Gasteiger partial charge in [-0.2, -0.15) is 0 Å². The number of nitrogens with one attached hydrogen (secondary N) is 1. The second-order valence-corrected chi connectivity index (χ2v) is 7.71. The third kappa shape index (κ3) is 2.81. The van der Waals surface area contributed by atoms with Crippen LogP contribution >= 0.6 is 0 Å². The van der Waals surface area contributed by atoms with Crippen LogP contribution in [0.5, 0.6) is 0 Å². The van der Waals surface area contributed by atoms with Crippen molar-refractivity contribution in [1.82, 2.24) is 15.1 Å². The fourth-order valence-corrected chi connectivity index (χ4v) is 4.24. The number of carbonyl (C=O) groups excluding carboxylic acids is 3. The minimum absolute atomic E-state index is 0.110. The first kappa shape index (κ1) is 17.2. The highest BCUT2D eigenvalue weighted by Gasteiger charge is 2.41. The topological polar surface area (TPSA) is 95.7 Å². The second kappa shape index (κ2) is 6.17. The average molecular weight is 356 g/mol. The van der Waals surface area contributed by atoms with Crippen molar-refractivity contribution >= 4 is 17.7 Å². The van der Waals surface area contributed by atoms with Gasteiger partial charge in [-0.1, -0.05) is 25.1 Å². The van der Waals surface area contributed by atoms with Gasteiger partial charge in [-0.15, -0.1) is 0 Å². The number of carbonyl (C=O) groups is 3. The predicted molar refractivity (Wildman–Crippen MR) is 95.0 cm³/mol. The number of hydrogen-bond donors (Lipinski definition) is 2. The largest absolute Gasteiger partial charge is 0.323 e. The zero-order valence-electron chi connectivity index (χ0n) is 15.0. The molecule has 3 amide bonds. The number of piperidine rings is 1. The maximum atomic E-state index is 13.0. The zero-order valence-corrected chi connectivity index (χ0v) is 15.0. The summed E-state index contributed by atoms with van der Waals surface area (Å²) < 4.78 is 0. The summed E-state index contributed by atoms with van der Waals surface area (Å²) in [6.07, 6.45) is 1.60. The summed E-state index contributed by atoms with van der Waals surface area (Å²) in [5.74, 6) is -0.752. The van der Waals surface area contributed by atoms with Gasteiger partial charge in [0.15, 0.2) is 0 Å². The molecule has 0 aromatic heterocycles. The molecule has 7 nitrogen and oxygen atoms in total. The van der Waals surface area contributed by atoms with Crippen molar-refractivity contribution in [2.45, 2.75) is 50.9 Å². The molecule has 1 atom stereocenters. The van der Waals surface area contributed by atoms with Crippen LogP contribution in [0.2, 0.25) is 0 Å². The Hall–Kier alpha value is -2.25. The van der Waals surface area contributed by atoms with E-state index in [1.54, 1.807) is 4.90 Å². The van der Waals surface area contributed by atoms with E-state index < -0.39 is 6.04 Å². The van der Waals surface area contributed by atoms with E-state index in [2.05, 4.69) is 17.1 Å². The molecular formula is C19H24N4O3. The number of imide groups is 1. The molecule has 4 rings (SSSR count). The van der Waals surface area contributed by atoms with Crippen molar-refractivity contribution in [1.29, 1.82) is 0 Å². The summed E-state index contributed by atoms with van der Waals surface area (Å²) in [6.45, 7) is 4.87. The monoisotopic (exact) mass is 356 g/mol. The van der Waals surface area contributed by atoms with Crippen LogP contribution in [-0.4, -0.2) is 52.2 Å². The van der Waals surface area contributed by atoms with Crippen molar-refractivity contribution in [3.63, 3.8) is 0 Å². The summed E-state index contributed by atoms with van der Waals surface area (Å²) in [6, 6.07) is 5.32. The Balaban J connectivity index is 1.52. The number of hydrogen-bond acceptors (Lipinski definition) is 5. The molecule has 1 unspecified atom stereocenters. The molecule has 3 N–H and O–H groups in total. The molecule has 0 bridgehead atoms. The van der Waals surface area contributed by atoms with Crippen LogP contribution in [0, 0.1) is 0 Å². The Morgan fingerprint density at radius 3 is 2.73 bits per heavy atom. The van der Waals surface area contributed by atoms with Gasteiger partial charge in [0.2, 0.25) is 11.8 Å². The minimum atomic E-state index is -0.568. The fourth-order valence-electron chi connectivity index (χ4n) is 4.24. The molecule has 0 spiro atoms. The third-order valence-electron chi connectivity index (χ3n) is 5.81. The van der Waals surface area contributed by atoms with Crippen LogP contribution in [0.15, 0.2) is 18.2 Å². The van der Waals surface area contributed by atoms with Gasteiger partial charge in [-0.25, -0.2) is 0 Å². The normalized spacial score (nSPS) is 25.1. The molecular weight excluding hydrogens is 332 g/mol. The van der Waals surface area contributed by atoms with E-state index in [1.165, 1.54) is 0 Å². The van der Waals surface area contributed by atoms with Gasteiger partial charge in [-0.3, -0.25) is 24.6 Å². The molecule has 0 saturated carbocycles. The molecule has 138 valence electrons. The predicted octanol–water partition coefficient (Wildman–Crippen LogP) is 0.371. The summed E-state index contributed by atoms with van der Waals surface area (Å²) in [5, 5.41) is 2.34. The molecule has 7 heteroatoms. The van der Waals surface area contributed by atoms with Gasteiger partial charge >= 0.3 is 0 Å². The lowest BCUT2D eigenvalue weighted by molar-refractivity contribution is -0.136.